The van der Waals surface area contributed by atoms with Crippen LogP contribution in [0.2, 0.25) is 0 Å². The van der Waals surface area contributed by atoms with E-state index in [1.54, 1.807) is 37.3 Å². The Balaban J connectivity index is 1.80. The minimum absolute atomic E-state index is 0.0165. The largest absolute Gasteiger partial charge is 0.494 e. The van der Waals surface area contributed by atoms with Gasteiger partial charge in [0.2, 0.25) is 0 Å². The number of carbonyl (C=O) groups excluding carboxylic acids is 1. The topological polar surface area (TPSA) is 111 Å². The van der Waals surface area contributed by atoms with Crippen molar-refractivity contribution in [2.75, 3.05) is 25.1 Å². The second-order valence-electron chi connectivity index (χ2n) is 7.96. The Hall–Kier alpha value is -3.50. The fourth-order valence-corrected chi connectivity index (χ4v) is 4.64. The fourth-order valence-electron chi connectivity index (χ4n) is 3.31. The summed E-state index contributed by atoms with van der Waals surface area (Å²) in [7, 11) is -3.91. The number of anilines is 1. The Morgan fingerprint density at radius 2 is 1.81 bits per heavy atom. The third-order valence-electron chi connectivity index (χ3n) is 5.16. The molecule has 10 heteroatoms. The van der Waals surface area contributed by atoms with Gasteiger partial charge in [-0.1, -0.05) is 37.6 Å². The summed E-state index contributed by atoms with van der Waals surface area (Å²) >= 11 is 0. The molecule has 0 radical (unpaired) electrons. The highest BCUT2D eigenvalue weighted by molar-refractivity contribution is 7.89. The summed E-state index contributed by atoms with van der Waals surface area (Å²) in [6, 6.07) is 17.4. The molecule has 0 saturated carbocycles. The number of rotatable bonds is 14. The minimum Gasteiger partial charge on any atom is -0.494 e. The van der Waals surface area contributed by atoms with E-state index in [1.807, 2.05) is 24.3 Å². The average Bonchev–Trinajstić information content (AvgIpc) is 2.89. The number of unbranched alkanes of at least 4 members (excludes halogenated alkanes) is 1. The summed E-state index contributed by atoms with van der Waals surface area (Å²) in [5.74, 6) is 0.795. The molecule has 1 aromatic carbocycles. The van der Waals surface area contributed by atoms with Gasteiger partial charge in [-0.3, -0.25) is 4.79 Å². The fraction of sp³-hybridized carbons (Fsp3) is 0.346. The van der Waals surface area contributed by atoms with E-state index in [0.29, 0.717) is 24.7 Å². The van der Waals surface area contributed by atoms with Crippen LogP contribution in [0.5, 0.6) is 5.75 Å². The summed E-state index contributed by atoms with van der Waals surface area (Å²) in [6.07, 6.45) is 3.47. The van der Waals surface area contributed by atoms with Gasteiger partial charge in [-0.05, 0) is 55.3 Å². The van der Waals surface area contributed by atoms with E-state index in [4.69, 9.17) is 9.47 Å². The molecule has 1 N–H and O–H groups in total. The lowest BCUT2D eigenvalue weighted by Gasteiger charge is -2.22. The highest BCUT2D eigenvalue weighted by atomic mass is 32.2. The van der Waals surface area contributed by atoms with Crippen LogP contribution >= 0.6 is 0 Å². The lowest BCUT2D eigenvalue weighted by molar-refractivity contribution is -0.140. The first-order chi connectivity index (χ1) is 17.4. The molecule has 0 aliphatic carbocycles. The number of hydrogen-bond acceptors (Lipinski definition) is 8. The molecular formula is C26H32N4O5S. The van der Waals surface area contributed by atoms with E-state index in [1.165, 1.54) is 16.6 Å². The molecule has 3 rings (SSSR count). The van der Waals surface area contributed by atoms with E-state index in [0.717, 1.165) is 24.2 Å². The van der Waals surface area contributed by atoms with Crippen molar-refractivity contribution < 1.29 is 22.7 Å². The van der Waals surface area contributed by atoms with E-state index in [2.05, 4.69) is 22.2 Å². The Morgan fingerprint density at radius 3 is 2.50 bits per heavy atom. The van der Waals surface area contributed by atoms with Crippen LogP contribution < -0.4 is 10.1 Å². The Morgan fingerprint density at radius 1 is 1.00 bits per heavy atom. The summed E-state index contributed by atoms with van der Waals surface area (Å²) in [5.41, 5.74) is 1.32. The number of sulfonamides is 1. The van der Waals surface area contributed by atoms with Crippen molar-refractivity contribution in [2.45, 2.75) is 44.8 Å². The van der Waals surface area contributed by atoms with Gasteiger partial charge >= 0.3 is 5.97 Å². The number of hydrogen-bond donors (Lipinski definition) is 1. The van der Waals surface area contributed by atoms with Crippen molar-refractivity contribution in [2.24, 2.45) is 0 Å². The second kappa shape index (κ2) is 13.6. The van der Waals surface area contributed by atoms with Crippen LogP contribution in [-0.2, 0) is 32.6 Å². The number of nitrogens with zero attached hydrogens (tertiary/aromatic N) is 3. The van der Waals surface area contributed by atoms with Crippen molar-refractivity contribution in [3.05, 3.63) is 78.1 Å². The number of esters is 1. The van der Waals surface area contributed by atoms with E-state index in [-0.39, 0.29) is 24.7 Å². The van der Waals surface area contributed by atoms with Crippen molar-refractivity contribution in [3.8, 4) is 5.75 Å². The highest BCUT2D eigenvalue weighted by Gasteiger charge is 2.26. The summed E-state index contributed by atoms with van der Waals surface area (Å²) in [6.45, 7) is 4.87. The number of nitrogens with one attached hydrogen (secondary N) is 1. The first kappa shape index (κ1) is 27.1. The zero-order valence-corrected chi connectivity index (χ0v) is 21.4. The molecule has 0 aliphatic heterocycles. The van der Waals surface area contributed by atoms with Gasteiger partial charge < -0.3 is 14.8 Å². The molecule has 0 unspecified atom stereocenters. The van der Waals surface area contributed by atoms with Gasteiger partial charge in [0.15, 0.2) is 5.03 Å². The van der Waals surface area contributed by atoms with Crippen LogP contribution in [0.4, 0.5) is 5.82 Å². The van der Waals surface area contributed by atoms with Gasteiger partial charge in [-0.15, -0.1) is 0 Å². The van der Waals surface area contributed by atoms with Gasteiger partial charge in [-0.25, -0.2) is 18.4 Å². The van der Waals surface area contributed by atoms with Gasteiger partial charge in [-0.2, -0.15) is 4.31 Å². The third-order valence-corrected chi connectivity index (χ3v) is 6.86. The van der Waals surface area contributed by atoms with Crippen molar-refractivity contribution in [3.63, 3.8) is 0 Å². The van der Waals surface area contributed by atoms with Crippen LogP contribution in [0.25, 0.3) is 0 Å². The molecule has 2 heterocycles. The monoisotopic (exact) mass is 512 g/mol. The van der Waals surface area contributed by atoms with Gasteiger partial charge in [0, 0.05) is 12.7 Å². The SMILES string of the molecule is CCCCOc1ccc(CN(Cc2cccc(NCC(=O)OCC)n2)S(=O)(=O)c2ccccn2)cc1. The van der Waals surface area contributed by atoms with Crippen LogP contribution in [0, 0.1) is 0 Å². The zero-order valence-electron chi connectivity index (χ0n) is 20.6. The molecule has 0 fully saturated rings. The number of pyridine rings is 2. The van der Waals surface area contributed by atoms with Gasteiger partial charge in [0.25, 0.3) is 10.0 Å². The number of carbonyl (C=O) groups is 1. The van der Waals surface area contributed by atoms with Crippen LogP contribution in [-0.4, -0.2) is 48.4 Å². The molecular weight excluding hydrogens is 480 g/mol. The first-order valence-electron chi connectivity index (χ1n) is 11.9. The van der Waals surface area contributed by atoms with Crippen molar-refractivity contribution in [1.82, 2.24) is 14.3 Å². The lowest BCUT2D eigenvalue weighted by Crippen LogP contribution is -2.31. The molecule has 36 heavy (non-hydrogen) atoms. The maximum absolute atomic E-state index is 13.5. The predicted molar refractivity (Wildman–Crippen MR) is 137 cm³/mol. The number of ether oxygens (including phenoxy) is 2. The third kappa shape index (κ3) is 8.03. The van der Waals surface area contributed by atoms with Crippen LogP contribution in [0.15, 0.2) is 71.9 Å². The van der Waals surface area contributed by atoms with E-state index >= 15 is 0 Å². The average molecular weight is 513 g/mol. The van der Waals surface area contributed by atoms with Crippen LogP contribution in [0.1, 0.15) is 37.9 Å². The second-order valence-corrected chi connectivity index (χ2v) is 9.84. The molecule has 0 saturated heterocycles. The highest BCUT2D eigenvalue weighted by Crippen LogP contribution is 2.21. The molecule has 9 nitrogen and oxygen atoms in total. The molecule has 0 bridgehead atoms. The summed E-state index contributed by atoms with van der Waals surface area (Å²) in [5, 5.41) is 2.87. The van der Waals surface area contributed by atoms with Crippen molar-refractivity contribution in [1.29, 1.82) is 0 Å². The van der Waals surface area contributed by atoms with E-state index < -0.39 is 16.0 Å². The van der Waals surface area contributed by atoms with Gasteiger partial charge in [0.05, 0.1) is 25.5 Å². The number of aromatic nitrogens is 2. The smallest absolute Gasteiger partial charge is 0.325 e. The van der Waals surface area contributed by atoms with Gasteiger partial charge in [0.1, 0.15) is 18.1 Å². The standard InChI is InChI=1S/C26H32N4O5S/c1-3-5-17-35-23-14-12-21(13-15-23)19-30(36(32,33)25-11-6-7-16-27-25)20-22-9-8-10-24(29-22)28-18-26(31)34-4-2/h6-16H,3-5,17-20H2,1-2H3,(H,28,29). The molecule has 0 amide bonds. The molecule has 2 aromatic heterocycles. The lowest BCUT2D eigenvalue weighted by atomic mass is 10.2. The Labute approximate surface area is 212 Å². The Bertz CT molecular complexity index is 1200. The molecule has 0 atom stereocenters. The molecule has 192 valence electrons. The summed E-state index contributed by atoms with van der Waals surface area (Å²) in [4.78, 5) is 20.2. The van der Waals surface area contributed by atoms with Crippen molar-refractivity contribution >= 4 is 21.8 Å². The normalized spacial score (nSPS) is 11.3. The molecule has 0 spiro atoms. The first-order valence-corrected chi connectivity index (χ1v) is 13.3. The predicted octanol–water partition coefficient (Wildman–Crippen LogP) is 4.02. The minimum atomic E-state index is -3.91. The number of benzene rings is 1. The maximum atomic E-state index is 13.5. The molecule has 0 aliphatic rings. The quantitative estimate of drug-likeness (QED) is 0.255. The zero-order chi connectivity index (χ0) is 25.8. The van der Waals surface area contributed by atoms with Crippen LogP contribution in [0.3, 0.4) is 0 Å². The summed E-state index contributed by atoms with van der Waals surface area (Å²) < 4.78 is 38.9. The Kier molecular flexibility index (Phi) is 10.2. The maximum Gasteiger partial charge on any atom is 0.325 e. The van der Waals surface area contributed by atoms with E-state index in [9.17, 15) is 13.2 Å². The molecule has 3 aromatic rings.